The maximum absolute atomic E-state index is 0. The topological polar surface area (TPSA) is 0 Å². The number of hydrogen-bond donors (Lipinski definition) is 0. The van der Waals surface area contributed by atoms with Gasteiger partial charge in [0, 0.05) is 44.8 Å². The molecule has 0 aromatic carbocycles. The van der Waals surface area contributed by atoms with Crippen LogP contribution in [-0.2, 0) is 44.8 Å². The first-order valence-corrected chi connectivity index (χ1v) is 0. The van der Waals surface area contributed by atoms with Crippen LogP contribution in [0.2, 0.25) is 0 Å². The van der Waals surface area contributed by atoms with Crippen molar-refractivity contribution in [2.75, 3.05) is 0 Å². The Balaban J connectivity index is 0. The summed E-state index contributed by atoms with van der Waals surface area (Å²) in [6.45, 7) is 0. The standard InChI is InChI=1S/2Au.6ClH/h;;6*1H. The van der Waals surface area contributed by atoms with Crippen LogP contribution >= 0.6 is 74.4 Å². The van der Waals surface area contributed by atoms with Gasteiger partial charge in [-0.2, -0.15) is 0 Å². The summed E-state index contributed by atoms with van der Waals surface area (Å²) in [5.41, 5.74) is 0. The zero-order valence-corrected chi connectivity index (χ0v) is 12.3. The average molecular weight is 613 g/mol. The Hall–Kier alpha value is 3.22. The Bertz CT molecular complexity index is 6.49. The van der Waals surface area contributed by atoms with Crippen LogP contribution in [0.25, 0.3) is 0 Å². The second-order valence-corrected chi connectivity index (χ2v) is 0. The second kappa shape index (κ2) is 83.8. The molecular formula is H6Au2Cl6. The summed E-state index contributed by atoms with van der Waals surface area (Å²) in [6, 6.07) is 0. The van der Waals surface area contributed by atoms with E-state index in [1.807, 2.05) is 0 Å². The fourth-order valence-corrected chi connectivity index (χ4v) is 0. The second-order valence-electron chi connectivity index (χ2n) is 0. The smallest absolute Gasteiger partial charge is 0 e. The van der Waals surface area contributed by atoms with Crippen molar-refractivity contribution < 1.29 is 44.8 Å². The van der Waals surface area contributed by atoms with E-state index in [0.29, 0.717) is 0 Å². The molecule has 0 saturated carbocycles. The quantitative estimate of drug-likeness (QED) is 0.369. The maximum atomic E-state index is 0. The van der Waals surface area contributed by atoms with Gasteiger partial charge >= 0.3 is 0 Å². The SMILES string of the molecule is Cl.Cl.Cl.Cl.Cl.Cl.[Au].[Au]. The summed E-state index contributed by atoms with van der Waals surface area (Å²) in [5, 5.41) is 0. The molecule has 0 heterocycles. The van der Waals surface area contributed by atoms with Gasteiger partial charge in [-0.25, -0.2) is 0 Å². The summed E-state index contributed by atoms with van der Waals surface area (Å²) in [4.78, 5) is 0. The van der Waals surface area contributed by atoms with Crippen LogP contribution in [0.1, 0.15) is 0 Å². The van der Waals surface area contributed by atoms with Gasteiger partial charge in [0.05, 0.1) is 0 Å². The fraction of sp³-hybridized carbons (Fsp3) is 0. The molecule has 70 valence electrons. The van der Waals surface area contributed by atoms with Crippen LogP contribution in [-0.4, -0.2) is 0 Å². The molecule has 0 N–H and O–H groups in total. The normalized spacial score (nSPS) is 0. The third kappa shape index (κ3) is 60.1. The first-order chi connectivity index (χ1) is 0. The van der Waals surface area contributed by atoms with Gasteiger partial charge < -0.3 is 0 Å². The van der Waals surface area contributed by atoms with Crippen molar-refractivity contribution in [2.45, 2.75) is 0 Å². The molecule has 0 saturated heterocycles. The monoisotopic (exact) mass is 610 g/mol. The molecule has 0 aromatic rings. The molecule has 0 aliphatic carbocycles. The van der Waals surface area contributed by atoms with Crippen LogP contribution in [0, 0.1) is 0 Å². The Labute approximate surface area is 118 Å². The molecule has 8 heavy (non-hydrogen) atoms. The number of halogens is 6. The molecule has 0 amide bonds. The minimum atomic E-state index is 0. The van der Waals surface area contributed by atoms with E-state index < -0.39 is 0 Å². The Morgan fingerprint density at radius 2 is 0.250 bits per heavy atom. The van der Waals surface area contributed by atoms with Crippen molar-refractivity contribution in [3.8, 4) is 0 Å². The van der Waals surface area contributed by atoms with Crippen molar-refractivity contribution >= 4 is 74.4 Å². The van der Waals surface area contributed by atoms with Crippen LogP contribution < -0.4 is 0 Å². The van der Waals surface area contributed by atoms with Gasteiger partial charge in [-0.1, -0.05) is 0 Å². The molecule has 0 nitrogen and oxygen atoms in total. The summed E-state index contributed by atoms with van der Waals surface area (Å²) < 4.78 is 0. The Morgan fingerprint density at radius 1 is 0.250 bits per heavy atom. The van der Waals surface area contributed by atoms with Gasteiger partial charge in [-0.15, -0.1) is 74.4 Å². The van der Waals surface area contributed by atoms with E-state index in [0.717, 1.165) is 0 Å². The molecule has 0 atom stereocenters. The van der Waals surface area contributed by atoms with Crippen LogP contribution in [0.4, 0.5) is 0 Å². The molecule has 0 rings (SSSR count). The van der Waals surface area contributed by atoms with Gasteiger partial charge in [0.1, 0.15) is 0 Å². The van der Waals surface area contributed by atoms with Crippen LogP contribution in [0.15, 0.2) is 0 Å². The number of rotatable bonds is 0. The number of hydrogen-bond acceptors (Lipinski definition) is 0. The van der Waals surface area contributed by atoms with E-state index >= 15 is 0 Å². The summed E-state index contributed by atoms with van der Waals surface area (Å²) in [6.07, 6.45) is 0. The summed E-state index contributed by atoms with van der Waals surface area (Å²) >= 11 is 0. The molecule has 0 aliphatic heterocycles. The third-order valence-corrected chi connectivity index (χ3v) is 0. The van der Waals surface area contributed by atoms with E-state index in [2.05, 4.69) is 0 Å². The molecular weight excluding hydrogens is 607 g/mol. The van der Waals surface area contributed by atoms with Gasteiger partial charge in [-0.05, 0) is 0 Å². The maximum Gasteiger partial charge on any atom is 0 e. The molecule has 8 heteroatoms. The van der Waals surface area contributed by atoms with Crippen LogP contribution in [0.3, 0.4) is 0 Å². The van der Waals surface area contributed by atoms with Crippen molar-refractivity contribution in [3.05, 3.63) is 0 Å². The zero-order chi connectivity index (χ0) is 0. The molecule has 0 aromatic heterocycles. The Kier molecular flexibility index (Phi) is 1180. The zero-order valence-electron chi connectivity index (χ0n) is 3.05. The van der Waals surface area contributed by atoms with Gasteiger partial charge in [-0.3, -0.25) is 0 Å². The van der Waals surface area contributed by atoms with Crippen molar-refractivity contribution in [3.63, 3.8) is 0 Å². The largest absolute Gasteiger partial charge is 0.147 e. The third-order valence-electron chi connectivity index (χ3n) is 0. The molecule has 0 bridgehead atoms. The van der Waals surface area contributed by atoms with E-state index in [1.165, 1.54) is 0 Å². The fourth-order valence-electron chi connectivity index (χ4n) is 0. The predicted molar refractivity (Wildman–Crippen MR) is 43.5 cm³/mol. The molecule has 2 radical (unpaired) electrons. The van der Waals surface area contributed by atoms with Crippen molar-refractivity contribution in [1.82, 2.24) is 0 Å². The molecule has 0 fully saturated rings. The van der Waals surface area contributed by atoms with Gasteiger partial charge in [0.15, 0.2) is 0 Å². The first kappa shape index (κ1) is 113. The van der Waals surface area contributed by atoms with E-state index in [4.69, 9.17) is 0 Å². The van der Waals surface area contributed by atoms with Crippen molar-refractivity contribution in [2.24, 2.45) is 0 Å². The predicted octanol–water partition coefficient (Wildman–Crippen LogP) is 2.53. The molecule has 0 unspecified atom stereocenters. The van der Waals surface area contributed by atoms with Crippen molar-refractivity contribution in [1.29, 1.82) is 0 Å². The molecule has 0 spiro atoms. The van der Waals surface area contributed by atoms with E-state index in [-0.39, 0.29) is 119 Å². The summed E-state index contributed by atoms with van der Waals surface area (Å²) in [7, 11) is 0. The average Bonchev–Trinajstić information content (AvgIpc) is 0. The van der Waals surface area contributed by atoms with E-state index in [9.17, 15) is 0 Å². The van der Waals surface area contributed by atoms with Gasteiger partial charge in [0.2, 0.25) is 0 Å². The summed E-state index contributed by atoms with van der Waals surface area (Å²) in [5.74, 6) is 0. The first-order valence-electron chi connectivity index (χ1n) is 0. The van der Waals surface area contributed by atoms with E-state index in [1.54, 1.807) is 0 Å². The van der Waals surface area contributed by atoms with Crippen LogP contribution in [0.5, 0.6) is 0 Å². The van der Waals surface area contributed by atoms with Gasteiger partial charge in [0.25, 0.3) is 0 Å². The minimum Gasteiger partial charge on any atom is -0.147 e. The molecule has 0 aliphatic rings. The minimum absolute atomic E-state index is 0. The Morgan fingerprint density at radius 3 is 0.250 bits per heavy atom.